The number of hydrogen-bond acceptors (Lipinski definition) is 6. The number of benzene rings is 2. The van der Waals surface area contributed by atoms with E-state index < -0.39 is 5.60 Å². The van der Waals surface area contributed by atoms with Gasteiger partial charge in [-0.05, 0) is 74.8 Å². The van der Waals surface area contributed by atoms with Crippen molar-refractivity contribution in [2.75, 3.05) is 19.6 Å². The standard InChI is InChI=1S/C31H37N3O4S/c1-21-10-12-26(34(19-21)30(36)38-31(2,3)4)24-11-13-27-25(18-24)32-28(39-27)23-14-16-33(17-15-23)29(35)37-20-22-8-6-5-7-9-22/h5-9,11,13-14,18,21,26H,10,12,15-17,19-20H2,1-4H3/t21-,26?/m0/s1. The molecule has 5 rings (SSSR count). The molecular formula is C31H37N3O4S. The van der Waals surface area contributed by atoms with Crippen LogP contribution in [0.15, 0.2) is 54.6 Å². The zero-order valence-corrected chi connectivity index (χ0v) is 24.0. The first-order valence-corrected chi connectivity index (χ1v) is 14.5. The molecular weight excluding hydrogens is 510 g/mol. The van der Waals surface area contributed by atoms with E-state index in [0.717, 1.165) is 51.2 Å². The highest BCUT2D eigenvalue weighted by molar-refractivity contribution is 7.19. The van der Waals surface area contributed by atoms with Crippen molar-refractivity contribution in [3.8, 4) is 0 Å². The van der Waals surface area contributed by atoms with Crippen LogP contribution >= 0.6 is 11.3 Å². The van der Waals surface area contributed by atoms with Gasteiger partial charge in [0.1, 0.15) is 17.2 Å². The minimum Gasteiger partial charge on any atom is -0.445 e. The maximum Gasteiger partial charge on any atom is 0.410 e. The van der Waals surface area contributed by atoms with Gasteiger partial charge in [-0.15, -0.1) is 11.3 Å². The Morgan fingerprint density at radius 2 is 1.87 bits per heavy atom. The van der Waals surface area contributed by atoms with Gasteiger partial charge in [-0.2, -0.15) is 0 Å². The van der Waals surface area contributed by atoms with Crippen LogP contribution in [0.2, 0.25) is 0 Å². The van der Waals surface area contributed by atoms with E-state index in [2.05, 4.69) is 31.2 Å². The van der Waals surface area contributed by atoms with Gasteiger partial charge in [0.2, 0.25) is 0 Å². The summed E-state index contributed by atoms with van der Waals surface area (Å²) in [6, 6.07) is 16.1. The second kappa shape index (κ2) is 11.4. The Hall–Kier alpha value is -3.39. The van der Waals surface area contributed by atoms with Crippen molar-refractivity contribution >= 4 is 39.3 Å². The van der Waals surface area contributed by atoms with Gasteiger partial charge in [-0.25, -0.2) is 14.6 Å². The Labute approximate surface area is 234 Å². The molecule has 206 valence electrons. The quantitative estimate of drug-likeness (QED) is 0.340. The van der Waals surface area contributed by atoms with Gasteiger partial charge in [0.25, 0.3) is 0 Å². The molecule has 3 aromatic rings. The van der Waals surface area contributed by atoms with E-state index in [1.165, 1.54) is 0 Å². The van der Waals surface area contributed by atoms with Gasteiger partial charge in [-0.1, -0.05) is 49.4 Å². The average molecular weight is 548 g/mol. The Kier molecular flexibility index (Phi) is 7.93. The third-order valence-electron chi connectivity index (χ3n) is 7.19. The molecule has 1 fully saturated rings. The van der Waals surface area contributed by atoms with Crippen LogP contribution in [0.4, 0.5) is 9.59 Å². The van der Waals surface area contributed by atoms with Crippen molar-refractivity contribution in [1.82, 2.24) is 14.8 Å². The molecule has 0 spiro atoms. The lowest BCUT2D eigenvalue weighted by Crippen LogP contribution is -2.44. The van der Waals surface area contributed by atoms with Crippen LogP contribution < -0.4 is 0 Å². The number of carbonyl (C=O) groups excluding carboxylic acids is 2. The summed E-state index contributed by atoms with van der Waals surface area (Å²) >= 11 is 1.67. The molecule has 0 bridgehead atoms. The van der Waals surface area contributed by atoms with E-state index in [9.17, 15) is 9.59 Å². The Bertz CT molecular complexity index is 1360. The van der Waals surface area contributed by atoms with Crippen molar-refractivity contribution in [2.24, 2.45) is 5.92 Å². The predicted octanol–water partition coefficient (Wildman–Crippen LogP) is 7.43. The lowest BCUT2D eigenvalue weighted by Gasteiger charge is -2.39. The summed E-state index contributed by atoms with van der Waals surface area (Å²) in [7, 11) is 0. The highest BCUT2D eigenvalue weighted by atomic mass is 32.1. The van der Waals surface area contributed by atoms with Crippen molar-refractivity contribution < 1.29 is 19.1 Å². The summed E-state index contributed by atoms with van der Waals surface area (Å²) in [5.74, 6) is 0.441. The molecule has 2 aliphatic heterocycles. The molecule has 1 saturated heterocycles. The molecule has 0 saturated carbocycles. The third-order valence-corrected chi connectivity index (χ3v) is 8.30. The first kappa shape index (κ1) is 27.2. The van der Waals surface area contributed by atoms with Gasteiger partial charge < -0.3 is 19.3 Å². The predicted molar refractivity (Wildman–Crippen MR) is 154 cm³/mol. The molecule has 1 unspecified atom stereocenters. The molecule has 7 nitrogen and oxygen atoms in total. The van der Waals surface area contributed by atoms with Crippen LogP contribution in [0.1, 0.15) is 69.1 Å². The Balaban J connectivity index is 1.27. The molecule has 39 heavy (non-hydrogen) atoms. The van der Waals surface area contributed by atoms with E-state index in [1.807, 2.05) is 56.0 Å². The summed E-state index contributed by atoms with van der Waals surface area (Å²) in [4.78, 5) is 34.2. The first-order chi connectivity index (χ1) is 18.7. The van der Waals surface area contributed by atoms with Gasteiger partial charge in [0.15, 0.2) is 0 Å². The molecule has 2 atom stereocenters. The lowest BCUT2D eigenvalue weighted by atomic mass is 9.90. The fourth-order valence-electron chi connectivity index (χ4n) is 5.15. The molecule has 0 N–H and O–H groups in total. The van der Waals surface area contributed by atoms with Gasteiger partial charge in [-0.3, -0.25) is 0 Å². The van der Waals surface area contributed by atoms with Crippen molar-refractivity contribution in [3.05, 3.63) is 70.7 Å². The number of aromatic nitrogens is 1. The third kappa shape index (κ3) is 6.61. The molecule has 8 heteroatoms. The zero-order valence-electron chi connectivity index (χ0n) is 23.2. The summed E-state index contributed by atoms with van der Waals surface area (Å²) in [5.41, 5.74) is 3.65. The minimum atomic E-state index is -0.530. The van der Waals surface area contributed by atoms with Crippen LogP contribution in [0.3, 0.4) is 0 Å². The molecule has 2 aromatic carbocycles. The maximum atomic E-state index is 13.1. The monoisotopic (exact) mass is 547 g/mol. The van der Waals surface area contributed by atoms with E-state index in [4.69, 9.17) is 14.5 Å². The van der Waals surface area contributed by atoms with Crippen molar-refractivity contribution in [3.63, 3.8) is 0 Å². The van der Waals surface area contributed by atoms with Gasteiger partial charge in [0.05, 0.1) is 16.3 Å². The molecule has 1 aromatic heterocycles. The molecule has 2 aliphatic rings. The Morgan fingerprint density at radius 1 is 1.08 bits per heavy atom. The summed E-state index contributed by atoms with van der Waals surface area (Å²) < 4.78 is 12.4. The van der Waals surface area contributed by atoms with Gasteiger partial charge >= 0.3 is 12.2 Å². The van der Waals surface area contributed by atoms with E-state index >= 15 is 0 Å². The summed E-state index contributed by atoms with van der Waals surface area (Å²) in [5, 5.41) is 0.987. The first-order valence-electron chi connectivity index (χ1n) is 13.7. The Morgan fingerprint density at radius 3 is 2.59 bits per heavy atom. The van der Waals surface area contributed by atoms with E-state index in [-0.39, 0.29) is 24.8 Å². The normalized spacial score (nSPS) is 20.1. The number of likely N-dealkylation sites (tertiary alicyclic amines) is 1. The topological polar surface area (TPSA) is 72.0 Å². The molecule has 0 radical (unpaired) electrons. The average Bonchev–Trinajstić information content (AvgIpc) is 3.35. The summed E-state index contributed by atoms with van der Waals surface area (Å²) in [6.45, 7) is 9.98. The fourth-order valence-corrected chi connectivity index (χ4v) is 6.16. The van der Waals surface area contributed by atoms with Crippen LogP contribution in [-0.4, -0.2) is 52.2 Å². The fraction of sp³-hybridized carbons (Fsp3) is 0.452. The van der Waals surface area contributed by atoms with Crippen LogP contribution in [0.25, 0.3) is 15.8 Å². The summed E-state index contributed by atoms with van der Waals surface area (Å²) in [6.07, 6.45) is 4.25. The number of ether oxygens (including phenoxy) is 2. The number of fused-ring (bicyclic) bond motifs is 1. The number of piperidine rings is 1. The largest absolute Gasteiger partial charge is 0.445 e. The molecule has 0 aliphatic carbocycles. The SMILES string of the molecule is C[C@H]1CCC(c2ccc3sc(C4=CCN(C(=O)OCc5ccccc5)CC4)nc3c2)N(C(=O)OC(C)(C)C)C1. The van der Waals surface area contributed by atoms with Crippen LogP contribution in [0, 0.1) is 5.92 Å². The second-order valence-corrected chi connectivity index (χ2v) is 12.6. The number of amides is 2. The smallest absolute Gasteiger partial charge is 0.410 e. The number of rotatable bonds is 4. The van der Waals surface area contributed by atoms with Crippen LogP contribution in [-0.2, 0) is 16.1 Å². The highest BCUT2D eigenvalue weighted by Crippen LogP contribution is 2.37. The highest BCUT2D eigenvalue weighted by Gasteiger charge is 2.34. The second-order valence-electron chi connectivity index (χ2n) is 11.5. The van der Waals surface area contributed by atoms with Crippen LogP contribution in [0.5, 0.6) is 0 Å². The maximum absolute atomic E-state index is 13.1. The number of nitrogens with zero attached hydrogens (tertiary/aromatic N) is 3. The molecule has 2 amide bonds. The zero-order chi connectivity index (χ0) is 27.6. The van der Waals surface area contributed by atoms with Crippen molar-refractivity contribution in [2.45, 2.75) is 65.2 Å². The number of carbonyl (C=O) groups is 2. The minimum absolute atomic E-state index is 0.0186. The lowest BCUT2D eigenvalue weighted by molar-refractivity contribution is 0.00364. The number of thiazole rings is 1. The van der Waals surface area contributed by atoms with E-state index in [0.29, 0.717) is 25.6 Å². The number of hydrogen-bond donors (Lipinski definition) is 0. The van der Waals surface area contributed by atoms with E-state index in [1.54, 1.807) is 16.2 Å². The molecule has 3 heterocycles. The van der Waals surface area contributed by atoms with Gasteiger partial charge in [0, 0.05) is 19.6 Å². The van der Waals surface area contributed by atoms with Crippen molar-refractivity contribution in [1.29, 1.82) is 0 Å².